The van der Waals surface area contributed by atoms with Crippen LogP contribution in [0.5, 0.6) is 5.75 Å². The lowest BCUT2D eigenvalue weighted by atomic mass is 10.1. The fraction of sp³-hybridized carbons (Fsp3) is 0.364. The van der Waals surface area contributed by atoms with Crippen molar-refractivity contribution in [2.75, 3.05) is 13.1 Å². The topological polar surface area (TPSA) is 87.4 Å². The lowest BCUT2D eigenvalue weighted by Gasteiger charge is -2.14. The van der Waals surface area contributed by atoms with Gasteiger partial charge in [-0.1, -0.05) is 12.1 Å². The SMILES string of the molecule is CC(NCCNC(N)=O)c1ccc(O)cc1. The molecule has 0 aliphatic carbocycles. The molecule has 1 aromatic carbocycles. The third-order valence-corrected chi connectivity index (χ3v) is 2.27. The number of hydrogen-bond donors (Lipinski definition) is 4. The molecule has 0 bridgehead atoms. The second-order valence-corrected chi connectivity index (χ2v) is 3.56. The predicted molar refractivity (Wildman–Crippen MR) is 62.1 cm³/mol. The molecule has 5 N–H and O–H groups in total. The summed E-state index contributed by atoms with van der Waals surface area (Å²) in [7, 11) is 0. The van der Waals surface area contributed by atoms with E-state index < -0.39 is 6.03 Å². The molecule has 16 heavy (non-hydrogen) atoms. The maximum atomic E-state index is 10.4. The second kappa shape index (κ2) is 5.97. The summed E-state index contributed by atoms with van der Waals surface area (Å²) >= 11 is 0. The highest BCUT2D eigenvalue weighted by Gasteiger charge is 2.03. The van der Waals surface area contributed by atoms with Gasteiger partial charge < -0.3 is 21.5 Å². The van der Waals surface area contributed by atoms with Crippen molar-refractivity contribution < 1.29 is 9.90 Å². The third-order valence-electron chi connectivity index (χ3n) is 2.27. The molecule has 0 saturated heterocycles. The molecule has 1 rings (SSSR count). The van der Waals surface area contributed by atoms with E-state index in [0.29, 0.717) is 13.1 Å². The van der Waals surface area contributed by atoms with Crippen LogP contribution in [0.1, 0.15) is 18.5 Å². The van der Waals surface area contributed by atoms with Gasteiger partial charge in [-0.3, -0.25) is 0 Å². The highest BCUT2D eigenvalue weighted by Crippen LogP contribution is 2.15. The van der Waals surface area contributed by atoms with Crippen LogP contribution in [0.3, 0.4) is 0 Å². The van der Waals surface area contributed by atoms with Gasteiger partial charge in [0.15, 0.2) is 0 Å². The first-order valence-corrected chi connectivity index (χ1v) is 5.15. The second-order valence-electron chi connectivity index (χ2n) is 3.56. The van der Waals surface area contributed by atoms with Crippen LogP contribution in [0.2, 0.25) is 0 Å². The summed E-state index contributed by atoms with van der Waals surface area (Å²) in [6.07, 6.45) is 0. The van der Waals surface area contributed by atoms with Gasteiger partial charge >= 0.3 is 6.03 Å². The molecule has 2 amide bonds. The van der Waals surface area contributed by atoms with Gasteiger partial charge in [-0.05, 0) is 24.6 Å². The summed E-state index contributed by atoms with van der Waals surface area (Å²) in [6, 6.07) is 6.65. The Morgan fingerprint density at radius 2 is 2.00 bits per heavy atom. The molecule has 0 spiro atoms. The van der Waals surface area contributed by atoms with Gasteiger partial charge in [0.1, 0.15) is 5.75 Å². The fourth-order valence-corrected chi connectivity index (χ4v) is 1.36. The summed E-state index contributed by atoms with van der Waals surface area (Å²) in [4.78, 5) is 10.4. The highest BCUT2D eigenvalue weighted by atomic mass is 16.3. The minimum atomic E-state index is -0.515. The smallest absolute Gasteiger partial charge is 0.312 e. The molecule has 1 aromatic rings. The van der Waals surface area contributed by atoms with Crippen LogP contribution in [0, 0.1) is 0 Å². The fourth-order valence-electron chi connectivity index (χ4n) is 1.36. The molecular weight excluding hydrogens is 206 g/mol. The highest BCUT2D eigenvalue weighted by molar-refractivity contribution is 5.71. The maximum Gasteiger partial charge on any atom is 0.312 e. The van der Waals surface area contributed by atoms with Gasteiger partial charge in [0.25, 0.3) is 0 Å². The number of hydrogen-bond acceptors (Lipinski definition) is 3. The number of benzene rings is 1. The molecule has 0 aliphatic rings. The van der Waals surface area contributed by atoms with Crippen molar-refractivity contribution in [2.24, 2.45) is 5.73 Å². The molecule has 5 heteroatoms. The van der Waals surface area contributed by atoms with Crippen LogP contribution in [-0.2, 0) is 0 Å². The number of amides is 2. The first-order chi connectivity index (χ1) is 7.59. The number of primary amides is 1. The molecule has 1 unspecified atom stereocenters. The van der Waals surface area contributed by atoms with Crippen LogP contribution in [0.15, 0.2) is 24.3 Å². The van der Waals surface area contributed by atoms with E-state index >= 15 is 0 Å². The van der Waals surface area contributed by atoms with E-state index in [1.165, 1.54) is 0 Å². The number of carbonyl (C=O) groups is 1. The number of nitrogens with two attached hydrogens (primary N) is 1. The van der Waals surface area contributed by atoms with Crippen LogP contribution >= 0.6 is 0 Å². The molecule has 1 atom stereocenters. The van der Waals surface area contributed by atoms with Gasteiger partial charge in [0.05, 0.1) is 0 Å². The van der Waals surface area contributed by atoms with Gasteiger partial charge in [-0.25, -0.2) is 4.79 Å². The third kappa shape index (κ3) is 4.18. The van der Waals surface area contributed by atoms with Crippen molar-refractivity contribution in [3.05, 3.63) is 29.8 Å². The summed E-state index contributed by atoms with van der Waals surface area (Å²) in [5.74, 6) is 0.256. The minimum Gasteiger partial charge on any atom is -0.508 e. The number of carbonyl (C=O) groups excluding carboxylic acids is 1. The lowest BCUT2D eigenvalue weighted by molar-refractivity contribution is 0.249. The Bertz CT molecular complexity index is 338. The number of phenols is 1. The lowest BCUT2D eigenvalue weighted by Crippen LogP contribution is -2.35. The van der Waals surface area contributed by atoms with E-state index in [0.717, 1.165) is 5.56 Å². The monoisotopic (exact) mass is 223 g/mol. The maximum absolute atomic E-state index is 10.4. The summed E-state index contributed by atoms with van der Waals surface area (Å²) < 4.78 is 0. The summed E-state index contributed by atoms with van der Waals surface area (Å²) in [5, 5.41) is 14.9. The normalized spacial score (nSPS) is 12.1. The molecule has 0 heterocycles. The zero-order valence-corrected chi connectivity index (χ0v) is 9.23. The zero-order chi connectivity index (χ0) is 12.0. The molecule has 0 aliphatic heterocycles. The van der Waals surface area contributed by atoms with Crippen molar-refractivity contribution >= 4 is 6.03 Å². The Balaban J connectivity index is 2.32. The van der Waals surface area contributed by atoms with E-state index in [2.05, 4.69) is 10.6 Å². The van der Waals surface area contributed by atoms with E-state index in [4.69, 9.17) is 10.8 Å². The Hall–Kier alpha value is -1.75. The molecule has 0 saturated carbocycles. The van der Waals surface area contributed by atoms with Crippen molar-refractivity contribution in [3.8, 4) is 5.75 Å². The molecule has 0 radical (unpaired) electrons. The number of urea groups is 1. The zero-order valence-electron chi connectivity index (χ0n) is 9.23. The molecule has 88 valence electrons. The molecule has 5 nitrogen and oxygen atoms in total. The van der Waals surface area contributed by atoms with Crippen molar-refractivity contribution in [1.82, 2.24) is 10.6 Å². The van der Waals surface area contributed by atoms with Crippen LogP contribution in [0.25, 0.3) is 0 Å². The van der Waals surface area contributed by atoms with Crippen LogP contribution in [0.4, 0.5) is 4.79 Å². The molecule has 0 fully saturated rings. The summed E-state index contributed by atoms with van der Waals surface area (Å²) in [5.41, 5.74) is 6.01. The van der Waals surface area contributed by atoms with E-state index in [1.807, 2.05) is 19.1 Å². The quantitative estimate of drug-likeness (QED) is 0.554. The van der Waals surface area contributed by atoms with Crippen LogP contribution < -0.4 is 16.4 Å². The standard InChI is InChI=1S/C11H17N3O2/c1-8(13-6-7-14-11(12)16)9-2-4-10(15)5-3-9/h2-5,8,13,15H,6-7H2,1H3,(H3,12,14,16). The Labute approximate surface area is 94.7 Å². The van der Waals surface area contributed by atoms with E-state index in [1.54, 1.807) is 12.1 Å². The van der Waals surface area contributed by atoms with Gasteiger partial charge in [0.2, 0.25) is 0 Å². The number of nitrogens with one attached hydrogen (secondary N) is 2. The first kappa shape index (κ1) is 12.3. The van der Waals surface area contributed by atoms with E-state index in [9.17, 15) is 4.79 Å². The number of aromatic hydroxyl groups is 1. The van der Waals surface area contributed by atoms with Crippen LogP contribution in [-0.4, -0.2) is 24.2 Å². The molecule has 0 aromatic heterocycles. The van der Waals surface area contributed by atoms with Gasteiger partial charge in [0, 0.05) is 19.1 Å². The predicted octanol–water partition coefficient (Wildman–Crippen LogP) is 0.711. The summed E-state index contributed by atoms with van der Waals surface area (Å²) in [6.45, 7) is 3.15. The first-order valence-electron chi connectivity index (χ1n) is 5.15. The number of rotatable bonds is 5. The Morgan fingerprint density at radius 1 is 1.38 bits per heavy atom. The minimum absolute atomic E-state index is 0.162. The Morgan fingerprint density at radius 3 is 2.56 bits per heavy atom. The van der Waals surface area contributed by atoms with Gasteiger partial charge in [-0.2, -0.15) is 0 Å². The van der Waals surface area contributed by atoms with Crippen molar-refractivity contribution in [1.29, 1.82) is 0 Å². The Kier molecular flexibility index (Phi) is 4.60. The van der Waals surface area contributed by atoms with E-state index in [-0.39, 0.29) is 11.8 Å². The van der Waals surface area contributed by atoms with Crippen molar-refractivity contribution in [2.45, 2.75) is 13.0 Å². The average molecular weight is 223 g/mol. The average Bonchev–Trinajstić information content (AvgIpc) is 2.25. The molecular formula is C11H17N3O2. The van der Waals surface area contributed by atoms with Gasteiger partial charge in [-0.15, -0.1) is 0 Å². The van der Waals surface area contributed by atoms with Crippen molar-refractivity contribution in [3.63, 3.8) is 0 Å². The largest absolute Gasteiger partial charge is 0.508 e. The number of phenolic OH excluding ortho intramolecular Hbond substituents is 1.